The molecule has 0 aliphatic rings. The Labute approximate surface area is 180 Å². The summed E-state index contributed by atoms with van der Waals surface area (Å²) in [6.45, 7) is 0. The van der Waals surface area contributed by atoms with Crippen LogP contribution in [-0.4, -0.2) is 31.9 Å². The van der Waals surface area contributed by atoms with Gasteiger partial charge in [0.2, 0.25) is 5.88 Å². The molecule has 2 aromatic carbocycles. The van der Waals surface area contributed by atoms with Crippen LogP contribution in [0.1, 0.15) is 28.5 Å². The van der Waals surface area contributed by atoms with Gasteiger partial charge < -0.3 is 15.5 Å². The van der Waals surface area contributed by atoms with E-state index < -0.39 is 24.3 Å². The molecule has 0 bridgehead atoms. The first kappa shape index (κ1) is 21.0. The van der Waals surface area contributed by atoms with E-state index in [4.69, 9.17) is 34.8 Å². The highest BCUT2D eigenvalue weighted by Gasteiger charge is 2.24. The Kier molecular flexibility index (Phi) is 6.32. The minimum Gasteiger partial charge on any atom is -0.493 e. The van der Waals surface area contributed by atoms with Crippen LogP contribution < -0.4 is 5.32 Å². The summed E-state index contributed by atoms with van der Waals surface area (Å²) in [5, 5.41) is 27.0. The van der Waals surface area contributed by atoms with Crippen LogP contribution in [0.25, 0.3) is 5.69 Å². The summed E-state index contributed by atoms with van der Waals surface area (Å²) in [5.41, 5.74) is 0.693. The van der Waals surface area contributed by atoms with Gasteiger partial charge in [0.25, 0.3) is 5.91 Å². The van der Waals surface area contributed by atoms with E-state index in [0.29, 0.717) is 21.3 Å². The molecule has 10 heteroatoms. The fraction of sp³-hybridized carbons (Fsp3) is 0.105. The second-order valence-electron chi connectivity index (χ2n) is 6.07. The van der Waals surface area contributed by atoms with Crippen molar-refractivity contribution in [3.05, 3.63) is 74.9 Å². The quantitative estimate of drug-likeness (QED) is 0.509. The van der Waals surface area contributed by atoms with Gasteiger partial charge in [0.05, 0.1) is 18.2 Å². The predicted octanol–water partition coefficient (Wildman–Crippen LogP) is 4.48. The van der Waals surface area contributed by atoms with E-state index in [9.17, 15) is 19.8 Å². The van der Waals surface area contributed by atoms with Gasteiger partial charge in [0, 0.05) is 21.1 Å². The first-order valence-electron chi connectivity index (χ1n) is 8.27. The molecule has 3 rings (SSSR count). The number of nitrogens with one attached hydrogen (secondary N) is 1. The molecule has 0 saturated carbocycles. The maximum atomic E-state index is 12.7. The average Bonchev–Trinajstić information content (AvgIpc) is 3.05. The largest absolute Gasteiger partial charge is 0.493 e. The summed E-state index contributed by atoms with van der Waals surface area (Å²) >= 11 is 18.1. The third kappa shape index (κ3) is 5.00. The second-order valence-corrected chi connectivity index (χ2v) is 7.35. The second kappa shape index (κ2) is 8.73. The van der Waals surface area contributed by atoms with Crippen molar-refractivity contribution in [2.45, 2.75) is 12.5 Å². The zero-order chi connectivity index (χ0) is 21.1. The summed E-state index contributed by atoms with van der Waals surface area (Å²) in [7, 11) is 0. The number of amides is 1. The van der Waals surface area contributed by atoms with Crippen molar-refractivity contribution < 1.29 is 19.8 Å². The number of carboxylic acid groups (broad SMARTS) is 1. The number of benzene rings is 2. The van der Waals surface area contributed by atoms with Crippen molar-refractivity contribution in [1.29, 1.82) is 0 Å². The van der Waals surface area contributed by atoms with Crippen LogP contribution >= 0.6 is 34.8 Å². The molecule has 1 aromatic heterocycles. The number of aromatic hydroxyl groups is 1. The molecule has 0 fully saturated rings. The Balaban J connectivity index is 1.89. The molecule has 3 N–H and O–H groups in total. The Hall–Kier alpha value is -2.74. The fourth-order valence-electron chi connectivity index (χ4n) is 2.71. The normalized spacial score (nSPS) is 11.8. The Morgan fingerprint density at radius 3 is 2.48 bits per heavy atom. The molecule has 1 heterocycles. The maximum absolute atomic E-state index is 12.7. The summed E-state index contributed by atoms with van der Waals surface area (Å²) in [6.07, 6.45) is -0.424. The molecular formula is C19H14Cl3N3O4. The molecule has 1 unspecified atom stereocenters. The molecule has 1 amide bonds. The summed E-state index contributed by atoms with van der Waals surface area (Å²) < 4.78 is 1.14. The number of aliphatic carboxylic acids is 1. The van der Waals surface area contributed by atoms with Crippen molar-refractivity contribution in [2.75, 3.05) is 0 Å². The molecule has 0 saturated heterocycles. The van der Waals surface area contributed by atoms with Crippen molar-refractivity contribution in [1.82, 2.24) is 15.1 Å². The van der Waals surface area contributed by atoms with Gasteiger partial charge in [-0.1, -0.05) is 40.9 Å². The van der Waals surface area contributed by atoms with Gasteiger partial charge in [-0.05, 0) is 42.0 Å². The third-order valence-corrected chi connectivity index (χ3v) is 4.81. The monoisotopic (exact) mass is 453 g/mol. The molecule has 1 atom stereocenters. The number of aromatic nitrogens is 2. The van der Waals surface area contributed by atoms with Crippen LogP contribution in [0.15, 0.2) is 48.5 Å². The zero-order valence-corrected chi connectivity index (χ0v) is 16.9. The highest BCUT2D eigenvalue weighted by Crippen LogP contribution is 2.29. The van der Waals surface area contributed by atoms with Gasteiger partial charge in [0.1, 0.15) is 0 Å². The lowest BCUT2D eigenvalue weighted by Crippen LogP contribution is -2.30. The number of halogens is 3. The van der Waals surface area contributed by atoms with Gasteiger partial charge in [-0.15, -0.1) is 0 Å². The summed E-state index contributed by atoms with van der Waals surface area (Å²) in [6, 6.07) is 11.3. The molecule has 150 valence electrons. The zero-order valence-electron chi connectivity index (χ0n) is 14.6. The van der Waals surface area contributed by atoms with Gasteiger partial charge in [0.15, 0.2) is 5.69 Å². The third-order valence-electron chi connectivity index (χ3n) is 3.99. The van der Waals surface area contributed by atoms with Gasteiger partial charge in [-0.3, -0.25) is 9.59 Å². The average molecular weight is 455 g/mol. The first-order chi connectivity index (χ1) is 13.7. The molecular weight excluding hydrogens is 441 g/mol. The number of hydrogen-bond donors (Lipinski definition) is 3. The summed E-state index contributed by atoms with van der Waals surface area (Å²) in [5.74, 6) is -2.12. The van der Waals surface area contributed by atoms with Crippen LogP contribution in [0, 0.1) is 0 Å². The topological polar surface area (TPSA) is 104 Å². The van der Waals surface area contributed by atoms with Crippen LogP contribution in [0.4, 0.5) is 0 Å². The lowest BCUT2D eigenvalue weighted by Gasteiger charge is -2.18. The number of rotatable bonds is 6. The minimum atomic E-state index is -1.14. The van der Waals surface area contributed by atoms with E-state index in [1.807, 2.05) is 0 Å². The van der Waals surface area contributed by atoms with Crippen molar-refractivity contribution >= 4 is 46.7 Å². The summed E-state index contributed by atoms with van der Waals surface area (Å²) in [4.78, 5) is 23.9. The van der Waals surface area contributed by atoms with Crippen LogP contribution in [-0.2, 0) is 4.79 Å². The molecule has 0 aliphatic heterocycles. The van der Waals surface area contributed by atoms with Crippen LogP contribution in [0.2, 0.25) is 15.1 Å². The molecule has 0 radical (unpaired) electrons. The van der Waals surface area contributed by atoms with E-state index in [0.717, 1.165) is 10.7 Å². The number of carbonyl (C=O) groups is 2. The lowest BCUT2D eigenvalue weighted by atomic mass is 10.0. The van der Waals surface area contributed by atoms with Gasteiger partial charge in [-0.25, -0.2) is 4.68 Å². The SMILES string of the molecule is O=C(O)CC(NC(=O)c1cc(O)n(-c2cccc(Cl)c2)n1)c1cc(Cl)ccc1Cl. The van der Waals surface area contributed by atoms with Crippen LogP contribution in [0.5, 0.6) is 5.88 Å². The standard InChI is InChI=1S/C19H14Cl3N3O4/c20-10-2-1-3-12(6-10)25-17(26)8-16(24-25)19(29)23-15(9-18(27)28)13-7-11(21)4-5-14(13)22/h1-8,15,26H,9H2,(H,23,29)(H,27,28). The van der Waals surface area contributed by atoms with E-state index in [1.54, 1.807) is 30.3 Å². The predicted molar refractivity (Wildman–Crippen MR) is 109 cm³/mol. The van der Waals surface area contributed by atoms with Crippen molar-refractivity contribution in [3.8, 4) is 11.6 Å². The van der Waals surface area contributed by atoms with Crippen molar-refractivity contribution in [2.24, 2.45) is 0 Å². The smallest absolute Gasteiger partial charge is 0.305 e. The maximum Gasteiger partial charge on any atom is 0.305 e. The van der Waals surface area contributed by atoms with Crippen molar-refractivity contribution in [3.63, 3.8) is 0 Å². The number of nitrogens with zero attached hydrogens (tertiary/aromatic N) is 2. The highest BCUT2D eigenvalue weighted by molar-refractivity contribution is 6.33. The minimum absolute atomic E-state index is 0.115. The van der Waals surface area contributed by atoms with E-state index >= 15 is 0 Å². The number of carbonyl (C=O) groups excluding carboxylic acids is 1. The van der Waals surface area contributed by atoms with E-state index in [1.165, 1.54) is 12.1 Å². The molecule has 0 spiro atoms. The first-order valence-corrected chi connectivity index (χ1v) is 9.40. The lowest BCUT2D eigenvalue weighted by molar-refractivity contribution is -0.137. The van der Waals surface area contributed by atoms with E-state index in [2.05, 4.69) is 10.4 Å². The van der Waals surface area contributed by atoms with Gasteiger partial charge >= 0.3 is 5.97 Å². The molecule has 3 aromatic rings. The molecule has 7 nitrogen and oxygen atoms in total. The van der Waals surface area contributed by atoms with Gasteiger partial charge in [-0.2, -0.15) is 5.10 Å². The molecule has 29 heavy (non-hydrogen) atoms. The number of carboxylic acids is 1. The Morgan fingerprint density at radius 1 is 1.07 bits per heavy atom. The van der Waals surface area contributed by atoms with Crippen LogP contribution in [0.3, 0.4) is 0 Å². The fourth-order valence-corrected chi connectivity index (χ4v) is 3.32. The Morgan fingerprint density at radius 2 is 1.79 bits per heavy atom. The van der Waals surface area contributed by atoms with E-state index in [-0.39, 0.29) is 16.6 Å². The molecule has 0 aliphatic carbocycles. The number of hydrogen-bond acceptors (Lipinski definition) is 4. The highest BCUT2D eigenvalue weighted by atomic mass is 35.5. The Bertz CT molecular complexity index is 1080.